The lowest BCUT2D eigenvalue weighted by molar-refractivity contribution is 0.561. The summed E-state index contributed by atoms with van der Waals surface area (Å²) in [7, 11) is 0. The predicted octanol–water partition coefficient (Wildman–Crippen LogP) is 14.8. The molecule has 4 heterocycles. The van der Waals surface area contributed by atoms with Gasteiger partial charge in [-0.1, -0.05) is 219 Å². The van der Waals surface area contributed by atoms with Crippen LogP contribution < -0.4 is 0 Å². The summed E-state index contributed by atoms with van der Waals surface area (Å²) < 4.78 is 0. The van der Waals surface area contributed by atoms with Crippen molar-refractivity contribution in [1.29, 1.82) is 0 Å². The Bertz CT molecular complexity index is 2540. The van der Waals surface area contributed by atoms with Crippen molar-refractivity contribution in [1.82, 2.24) is 0 Å². The fourth-order valence-electron chi connectivity index (χ4n) is 10.9. The summed E-state index contributed by atoms with van der Waals surface area (Å²) in [5.41, 5.74) is 13.4. The van der Waals surface area contributed by atoms with Crippen LogP contribution in [0.4, 0.5) is 0 Å². The Hall–Kier alpha value is -4.42. The molecule has 4 heteroatoms. The summed E-state index contributed by atoms with van der Waals surface area (Å²) in [6.07, 6.45) is 3.90. The third-order valence-electron chi connectivity index (χ3n) is 12.9. The van der Waals surface area contributed by atoms with E-state index in [1.165, 1.54) is 65.8 Å². The quantitative estimate of drug-likeness (QED) is 0.134. The molecule has 2 unspecified atom stereocenters. The van der Waals surface area contributed by atoms with Gasteiger partial charge in [0.05, 0.1) is 0 Å². The zero-order valence-electron chi connectivity index (χ0n) is 31.9. The monoisotopic (exact) mass is 794 g/mol. The fraction of sp³-hybridized carbons (Fsp3) is 0.154. The normalized spacial score (nSPS) is 26.5. The number of allylic oxidation sites excluding steroid dienone is 4. The molecular weight excluding hydrogens is 751 g/mol. The van der Waals surface area contributed by atoms with E-state index in [1.54, 1.807) is 11.1 Å². The molecule has 6 aromatic carbocycles. The maximum Gasteiger partial charge on any atom is 0.0208 e. The molecule has 0 aromatic heterocycles. The minimum atomic E-state index is -2.22. The van der Waals surface area contributed by atoms with Crippen LogP contribution in [-0.4, -0.2) is 12.3 Å². The first kappa shape index (κ1) is 36.0. The summed E-state index contributed by atoms with van der Waals surface area (Å²) in [5, 5.41) is 5.74. The SMILES string of the molecule is C[C@]12CP(=S)(C(c3ccccc3)=C1CCC1=C(c3ccccc3)P3(=S)C[C@@]1(C)C(c1ccccc1)=C3c1ccccc1)C(c1ccccc1)=C2c1ccccc1. The van der Waals surface area contributed by atoms with Crippen LogP contribution in [0.1, 0.15) is 60.1 Å². The van der Waals surface area contributed by atoms with Crippen molar-refractivity contribution >= 4 is 68.1 Å². The van der Waals surface area contributed by atoms with Crippen molar-refractivity contribution in [2.45, 2.75) is 26.7 Å². The van der Waals surface area contributed by atoms with Gasteiger partial charge in [0.15, 0.2) is 0 Å². The Labute approximate surface area is 342 Å². The molecule has 0 saturated carbocycles. The Morgan fingerprint density at radius 3 is 0.857 bits per heavy atom. The van der Waals surface area contributed by atoms with Crippen molar-refractivity contribution in [3.8, 4) is 0 Å². The molecule has 0 saturated heterocycles. The van der Waals surface area contributed by atoms with E-state index in [1.807, 2.05) is 0 Å². The van der Waals surface area contributed by atoms with Crippen LogP contribution in [0, 0.1) is 10.8 Å². The number of fused-ring (bicyclic) bond motifs is 4. The summed E-state index contributed by atoms with van der Waals surface area (Å²) in [5.74, 6) is 0. The van der Waals surface area contributed by atoms with Crippen LogP contribution in [-0.2, 0) is 23.6 Å². The highest BCUT2D eigenvalue weighted by molar-refractivity contribution is 8.25. The summed E-state index contributed by atoms with van der Waals surface area (Å²) in [6, 6.07) is 62.3. The topological polar surface area (TPSA) is 0 Å². The molecule has 56 heavy (non-hydrogen) atoms. The third-order valence-corrected chi connectivity index (χ3v) is 23.0. The first-order valence-corrected chi connectivity index (χ1v) is 25.7. The van der Waals surface area contributed by atoms with Gasteiger partial charge in [-0.15, -0.1) is 0 Å². The zero-order valence-corrected chi connectivity index (χ0v) is 35.3. The second-order valence-electron chi connectivity index (χ2n) is 16.3. The van der Waals surface area contributed by atoms with Gasteiger partial charge in [0.2, 0.25) is 0 Å². The minimum absolute atomic E-state index is 0.187. The van der Waals surface area contributed by atoms with Crippen LogP contribution in [0.15, 0.2) is 193 Å². The molecule has 0 aliphatic carbocycles. The van der Waals surface area contributed by atoms with Crippen molar-refractivity contribution in [2.75, 3.05) is 12.3 Å². The average molecular weight is 795 g/mol. The van der Waals surface area contributed by atoms with E-state index in [9.17, 15) is 0 Å². The van der Waals surface area contributed by atoms with E-state index in [0.29, 0.717) is 0 Å². The van der Waals surface area contributed by atoms with Crippen molar-refractivity contribution in [3.63, 3.8) is 0 Å². The maximum atomic E-state index is 7.20. The van der Waals surface area contributed by atoms with Gasteiger partial charge in [-0.2, -0.15) is 0 Å². The molecule has 4 aliphatic heterocycles. The van der Waals surface area contributed by atoms with Gasteiger partial charge in [0, 0.05) is 33.5 Å². The largest absolute Gasteiger partial charge is 0.0875 e. The highest BCUT2D eigenvalue weighted by Crippen LogP contribution is 2.87. The molecule has 4 atom stereocenters. The molecule has 4 aliphatic rings. The molecular formula is C52H44P2S2. The molecule has 0 radical (unpaired) electrons. The van der Waals surface area contributed by atoms with Crippen LogP contribution >= 0.6 is 12.1 Å². The summed E-state index contributed by atoms with van der Waals surface area (Å²) in [4.78, 5) is 0. The number of benzene rings is 6. The van der Waals surface area contributed by atoms with Gasteiger partial charge in [-0.3, -0.25) is 0 Å². The highest BCUT2D eigenvalue weighted by Gasteiger charge is 2.59. The van der Waals surface area contributed by atoms with Gasteiger partial charge < -0.3 is 0 Å². The summed E-state index contributed by atoms with van der Waals surface area (Å²) in [6.45, 7) is 5.05. The van der Waals surface area contributed by atoms with Gasteiger partial charge in [-0.05, 0) is 91.5 Å². The lowest BCUT2D eigenvalue weighted by atomic mass is 9.68. The van der Waals surface area contributed by atoms with Crippen molar-refractivity contribution < 1.29 is 0 Å². The summed E-state index contributed by atoms with van der Waals surface area (Å²) >= 11 is 14.4. The average Bonchev–Trinajstić information content (AvgIpc) is 3.82. The predicted molar refractivity (Wildman–Crippen MR) is 250 cm³/mol. The molecule has 10 rings (SSSR count). The molecule has 0 spiro atoms. The smallest absolute Gasteiger partial charge is 0.0208 e. The van der Waals surface area contributed by atoms with Crippen molar-refractivity contribution in [3.05, 3.63) is 227 Å². The van der Waals surface area contributed by atoms with E-state index in [0.717, 1.165) is 25.2 Å². The minimum Gasteiger partial charge on any atom is -0.0875 e. The molecule has 0 amide bonds. The van der Waals surface area contributed by atoms with E-state index in [2.05, 4.69) is 196 Å². The molecule has 0 N–H and O–H groups in total. The van der Waals surface area contributed by atoms with Gasteiger partial charge in [0.1, 0.15) is 0 Å². The first-order valence-electron chi connectivity index (χ1n) is 19.8. The van der Waals surface area contributed by atoms with E-state index < -0.39 is 12.1 Å². The third kappa shape index (κ3) is 5.30. The fourth-order valence-corrected chi connectivity index (χ4v) is 23.8. The molecule has 4 bridgehead atoms. The number of hydrogen-bond acceptors (Lipinski definition) is 2. The second kappa shape index (κ2) is 13.6. The second-order valence-corrected chi connectivity index (χ2v) is 25.4. The molecule has 0 nitrogen and oxygen atoms in total. The first-order chi connectivity index (χ1) is 27.3. The standard InChI is InChI=1S/C52H44P2S2/c1-51-35-53(55,49(41-29-17-7-18-30-41)45(51)37-21-9-3-10-22-37)47(39-25-13-5-14-26-39)43(51)33-34-44-48(40-27-15-6-16-28-40)54(56)36-52(44,2)46(38-23-11-4-12-24-38)50(54)42-31-19-8-20-32-42/h3-32H,33-36H2,1-2H3/t51-,52+,53?,54?. The lowest BCUT2D eigenvalue weighted by Crippen LogP contribution is -2.23. The van der Waals surface area contributed by atoms with Gasteiger partial charge in [-0.25, -0.2) is 0 Å². The van der Waals surface area contributed by atoms with Crippen LogP contribution in [0.3, 0.4) is 0 Å². The van der Waals surface area contributed by atoms with Gasteiger partial charge >= 0.3 is 0 Å². The van der Waals surface area contributed by atoms with Crippen LogP contribution in [0.5, 0.6) is 0 Å². The maximum absolute atomic E-state index is 7.20. The molecule has 274 valence electrons. The Morgan fingerprint density at radius 1 is 0.357 bits per heavy atom. The van der Waals surface area contributed by atoms with Crippen LogP contribution in [0.25, 0.3) is 32.4 Å². The lowest BCUT2D eigenvalue weighted by Gasteiger charge is -2.37. The molecule has 0 fully saturated rings. The Kier molecular flexibility index (Phi) is 8.74. The highest BCUT2D eigenvalue weighted by atomic mass is 32.4. The number of hydrogen-bond donors (Lipinski definition) is 0. The van der Waals surface area contributed by atoms with E-state index in [-0.39, 0.29) is 10.8 Å². The Morgan fingerprint density at radius 2 is 0.589 bits per heavy atom. The van der Waals surface area contributed by atoms with Crippen molar-refractivity contribution in [2.24, 2.45) is 10.8 Å². The number of rotatable bonds is 9. The zero-order chi connectivity index (χ0) is 38.1. The van der Waals surface area contributed by atoms with E-state index in [4.69, 9.17) is 23.6 Å². The molecule has 6 aromatic rings. The Balaban J connectivity index is 1.19. The van der Waals surface area contributed by atoms with E-state index >= 15 is 0 Å². The van der Waals surface area contributed by atoms with Gasteiger partial charge in [0.25, 0.3) is 0 Å². The van der Waals surface area contributed by atoms with Crippen LogP contribution in [0.2, 0.25) is 0 Å².